The lowest BCUT2D eigenvalue weighted by Crippen LogP contribution is -2.31. The van der Waals surface area contributed by atoms with Crippen molar-refractivity contribution in [1.82, 2.24) is 19.9 Å². The first-order valence-corrected chi connectivity index (χ1v) is 6.77. The molecule has 102 valence electrons. The lowest BCUT2D eigenvalue weighted by atomic mass is 10.2. The van der Waals surface area contributed by atoms with E-state index in [1.807, 2.05) is 18.2 Å². The number of fused-ring (bicyclic) bond motifs is 1. The van der Waals surface area contributed by atoms with Gasteiger partial charge in [0, 0.05) is 0 Å². The van der Waals surface area contributed by atoms with Crippen molar-refractivity contribution in [3.05, 3.63) is 45.5 Å². The van der Waals surface area contributed by atoms with Gasteiger partial charge in [0.05, 0.1) is 17.4 Å². The van der Waals surface area contributed by atoms with E-state index in [1.54, 1.807) is 13.0 Å². The summed E-state index contributed by atoms with van der Waals surface area (Å²) < 4.78 is 1.42. The van der Waals surface area contributed by atoms with Crippen LogP contribution in [0.4, 0.5) is 5.13 Å². The highest BCUT2D eigenvalue weighted by molar-refractivity contribution is 7.15. The van der Waals surface area contributed by atoms with Crippen molar-refractivity contribution in [2.45, 2.75) is 13.5 Å². The highest BCUT2D eigenvalue weighted by Crippen LogP contribution is 2.11. The van der Waals surface area contributed by atoms with Gasteiger partial charge >= 0.3 is 0 Å². The number of aryl methyl sites for hydroxylation is 1. The molecular formula is C12H12N6OS. The van der Waals surface area contributed by atoms with E-state index >= 15 is 0 Å². The molecule has 8 heteroatoms. The Labute approximate surface area is 118 Å². The van der Waals surface area contributed by atoms with Gasteiger partial charge in [0.2, 0.25) is 5.13 Å². The first-order chi connectivity index (χ1) is 9.65. The Morgan fingerprint density at radius 1 is 1.35 bits per heavy atom. The monoisotopic (exact) mass is 288 g/mol. The van der Waals surface area contributed by atoms with Crippen molar-refractivity contribution < 1.29 is 0 Å². The minimum Gasteiger partial charge on any atom is -0.374 e. The molecule has 0 atom stereocenters. The van der Waals surface area contributed by atoms with Crippen LogP contribution in [0.3, 0.4) is 0 Å². The quantitative estimate of drug-likeness (QED) is 0.742. The molecule has 3 N–H and O–H groups in total. The number of rotatable bonds is 3. The molecule has 0 amide bonds. The Morgan fingerprint density at radius 2 is 2.15 bits per heavy atom. The summed E-state index contributed by atoms with van der Waals surface area (Å²) in [6, 6.07) is 7.25. The maximum absolute atomic E-state index is 12.4. The number of anilines is 1. The molecule has 0 bridgehead atoms. The molecule has 1 aromatic carbocycles. The summed E-state index contributed by atoms with van der Waals surface area (Å²) in [5, 5.41) is 9.31. The first-order valence-electron chi connectivity index (χ1n) is 5.95. The van der Waals surface area contributed by atoms with Gasteiger partial charge in [-0.15, -0.1) is 10.2 Å². The number of hydrogen-bond donors (Lipinski definition) is 2. The molecule has 0 unspecified atom stereocenters. The van der Waals surface area contributed by atoms with E-state index in [0.29, 0.717) is 33.4 Å². The summed E-state index contributed by atoms with van der Waals surface area (Å²) in [4.78, 5) is 16.8. The fourth-order valence-electron chi connectivity index (χ4n) is 1.91. The zero-order chi connectivity index (χ0) is 14.1. The third-order valence-electron chi connectivity index (χ3n) is 2.81. The Hall–Kier alpha value is -2.48. The second kappa shape index (κ2) is 4.89. The Balaban J connectivity index is 1.97. The molecule has 0 radical (unpaired) electrons. The van der Waals surface area contributed by atoms with Crippen LogP contribution in [0.25, 0.3) is 10.9 Å². The summed E-state index contributed by atoms with van der Waals surface area (Å²) in [5.41, 5.74) is 9.07. The Morgan fingerprint density at radius 3 is 2.90 bits per heavy atom. The molecule has 3 aromatic rings. The second-order valence-electron chi connectivity index (χ2n) is 4.19. The van der Waals surface area contributed by atoms with Crippen LogP contribution in [0, 0.1) is 6.92 Å². The van der Waals surface area contributed by atoms with E-state index in [2.05, 4.69) is 20.6 Å². The lowest BCUT2D eigenvalue weighted by Gasteiger charge is -2.11. The molecule has 0 saturated heterocycles. The fourth-order valence-corrected chi connectivity index (χ4v) is 2.46. The summed E-state index contributed by atoms with van der Waals surface area (Å²) in [5.74, 6) is 0.589. The van der Waals surface area contributed by atoms with Crippen molar-refractivity contribution >= 4 is 27.4 Å². The minimum absolute atomic E-state index is 0.134. The molecule has 20 heavy (non-hydrogen) atoms. The number of nitrogens with two attached hydrogens (primary N) is 1. The van der Waals surface area contributed by atoms with Crippen LogP contribution in [0.15, 0.2) is 29.1 Å². The number of nitrogens with zero attached hydrogens (tertiary/aromatic N) is 4. The standard InChI is InChI=1S/C12H12N6OS/c1-7-15-9-5-3-2-4-8(9)11(19)18(7)14-6-10-16-17-12(13)20-10/h2-5,14H,6H2,1H3,(H2,13,17). The average molecular weight is 288 g/mol. The largest absolute Gasteiger partial charge is 0.374 e. The maximum atomic E-state index is 12.4. The summed E-state index contributed by atoms with van der Waals surface area (Å²) in [6.45, 7) is 2.14. The van der Waals surface area contributed by atoms with E-state index in [-0.39, 0.29) is 5.56 Å². The van der Waals surface area contributed by atoms with Crippen molar-refractivity contribution in [2.75, 3.05) is 11.2 Å². The van der Waals surface area contributed by atoms with Crippen LogP contribution in [0.2, 0.25) is 0 Å². The third-order valence-corrected chi connectivity index (χ3v) is 3.57. The first kappa shape index (κ1) is 12.5. The van der Waals surface area contributed by atoms with Crippen LogP contribution in [-0.2, 0) is 6.54 Å². The molecule has 7 nitrogen and oxygen atoms in total. The van der Waals surface area contributed by atoms with E-state index in [4.69, 9.17) is 5.73 Å². The number of nitrogens with one attached hydrogen (secondary N) is 1. The number of aromatic nitrogens is 4. The van der Waals surface area contributed by atoms with E-state index in [9.17, 15) is 4.79 Å². The fraction of sp³-hybridized carbons (Fsp3) is 0.167. The summed E-state index contributed by atoms with van der Waals surface area (Å²) in [7, 11) is 0. The van der Waals surface area contributed by atoms with Gasteiger partial charge in [-0.2, -0.15) is 0 Å². The third kappa shape index (κ3) is 2.21. The average Bonchev–Trinajstić information content (AvgIpc) is 2.84. The molecule has 3 rings (SSSR count). The summed E-state index contributed by atoms with van der Waals surface area (Å²) >= 11 is 1.28. The smallest absolute Gasteiger partial charge is 0.279 e. The number of nitrogen functional groups attached to an aromatic ring is 1. The predicted molar refractivity (Wildman–Crippen MR) is 78.1 cm³/mol. The van der Waals surface area contributed by atoms with Gasteiger partial charge in [-0.25, -0.2) is 9.66 Å². The van der Waals surface area contributed by atoms with Crippen molar-refractivity contribution in [2.24, 2.45) is 0 Å². The van der Waals surface area contributed by atoms with E-state index < -0.39 is 0 Å². The molecule has 0 aliphatic carbocycles. The van der Waals surface area contributed by atoms with Gasteiger partial charge in [-0.05, 0) is 19.1 Å². The van der Waals surface area contributed by atoms with Crippen LogP contribution in [0.1, 0.15) is 10.8 Å². The second-order valence-corrected chi connectivity index (χ2v) is 5.28. The van der Waals surface area contributed by atoms with Crippen molar-refractivity contribution in [1.29, 1.82) is 0 Å². The summed E-state index contributed by atoms with van der Waals surface area (Å²) in [6.07, 6.45) is 0. The minimum atomic E-state index is -0.134. The van der Waals surface area contributed by atoms with Gasteiger partial charge in [-0.3, -0.25) is 4.79 Å². The lowest BCUT2D eigenvalue weighted by molar-refractivity contribution is 0.748. The number of benzene rings is 1. The van der Waals surface area contributed by atoms with Gasteiger partial charge in [0.25, 0.3) is 5.56 Å². The van der Waals surface area contributed by atoms with Crippen molar-refractivity contribution in [3.8, 4) is 0 Å². The predicted octanol–water partition coefficient (Wildman–Crippen LogP) is 0.882. The van der Waals surface area contributed by atoms with Crippen LogP contribution >= 0.6 is 11.3 Å². The van der Waals surface area contributed by atoms with Gasteiger partial charge in [0.15, 0.2) is 0 Å². The van der Waals surface area contributed by atoms with Gasteiger partial charge < -0.3 is 11.2 Å². The van der Waals surface area contributed by atoms with Gasteiger partial charge in [-0.1, -0.05) is 23.5 Å². The number of para-hydroxylation sites is 1. The van der Waals surface area contributed by atoms with Crippen LogP contribution < -0.4 is 16.7 Å². The number of hydrogen-bond acceptors (Lipinski definition) is 7. The van der Waals surface area contributed by atoms with Crippen molar-refractivity contribution in [3.63, 3.8) is 0 Å². The highest BCUT2D eigenvalue weighted by Gasteiger charge is 2.08. The molecule has 0 aliphatic heterocycles. The molecule has 0 saturated carbocycles. The Kier molecular flexibility index (Phi) is 3.07. The van der Waals surface area contributed by atoms with E-state index in [1.165, 1.54) is 16.0 Å². The molecule has 0 fully saturated rings. The molecular weight excluding hydrogens is 276 g/mol. The SMILES string of the molecule is Cc1nc2ccccc2c(=O)n1NCc1nnc(N)s1. The van der Waals surface area contributed by atoms with E-state index in [0.717, 1.165) is 0 Å². The highest BCUT2D eigenvalue weighted by atomic mass is 32.1. The normalized spacial score (nSPS) is 10.8. The molecule has 2 heterocycles. The maximum Gasteiger partial charge on any atom is 0.279 e. The Bertz CT molecular complexity index is 824. The van der Waals surface area contributed by atoms with Crippen LogP contribution in [0.5, 0.6) is 0 Å². The zero-order valence-corrected chi connectivity index (χ0v) is 11.5. The molecule has 2 aromatic heterocycles. The van der Waals surface area contributed by atoms with Crippen LogP contribution in [-0.4, -0.2) is 19.9 Å². The molecule has 0 aliphatic rings. The zero-order valence-electron chi connectivity index (χ0n) is 10.7. The topological polar surface area (TPSA) is 98.7 Å². The molecule has 0 spiro atoms. The van der Waals surface area contributed by atoms with Gasteiger partial charge in [0.1, 0.15) is 10.8 Å².